The van der Waals surface area contributed by atoms with Crippen LogP contribution in [0.15, 0.2) is 46.9 Å². The van der Waals surface area contributed by atoms with E-state index in [0.29, 0.717) is 29.8 Å². The Hall–Kier alpha value is -3.70. The van der Waals surface area contributed by atoms with E-state index in [4.69, 9.17) is 18.6 Å². The molecule has 0 saturated heterocycles. The van der Waals surface area contributed by atoms with Gasteiger partial charge in [-0.1, -0.05) is 6.07 Å². The number of rotatable bonds is 9. The Morgan fingerprint density at radius 1 is 1.03 bits per heavy atom. The third-order valence-electron chi connectivity index (χ3n) is 4.94. The lowest BCUT2D eigenvalue weighted by Gasteiger charge is -2.25. The van der Waals surface area contributed by atoms with Crippen molar-refractivity contribution in [3.63, 3.8) is 0 Å². The summed E-state index contributed by atoms with van der Waals surface area (Å²) in [5.74, 6) is 2.77. The lowest BCUT2D eigenvalue weighted by Crippen LogP contribution is -2.27. The van der Waals surface area contributed by atoms with E-state index >= 15 is 0 Å². The molecule has 0 amide bonds. The topological polar surface area (TPSA) is 92.8 Å². The van der Waals surface area contributed by atoms with Crippen molar-refractivity contribution in [2.24, 2.45) is 0 Å². The van der Waals surface area contributed by atoms with Crippen LogP contribution in [-0.2, 0) is 0 Å². The number of nitrogens with zero attached hydrogens (tertiary/aromatic N) is 3. The maximum Gasteiger partial charge on any atom is 0.232 e. The van der Waals surface area contributed by atoms with Gasteiger partial charge in [0, 0.05) is 12.1 Å². The lowest BCUT2D eigenvalue weighted by molar-refractivity contribution is 0.307. The number of nitriles is 1. The normalized spacial score (nSPS) is 11.6. The van der Waals surface area contributed by atoms with Gasteiger partial charge in [0.2, 0.25) is 17.5 Å². The van der Waals surface area contributed by atoms with Crippen molar-refractivity contribution in [1.29, 1.82) is 5.26 Å². The van der Waals surface area contributed by atoms with Crippen LogP contribution < -0.4 is 19.5 Å². The van der Waals surface area contributed by atoms with Crippen molar-refractivity contribution >= 4 is 5.88 Å². The molecule has 0 aliphatic carbocycles. The summed E-state index contributed by atoms with van der Waals surface area (Å²) in [5, 5.41) is 12.7. The maximum absolute atomic E-state index is 9.50. The lowest BCUT2D eigenvalue weighted by atomic mass is 10.1. The van der Waals surface area contributed by atoms with E-state index in [9.17, 15) is 5.26 Å². The van der Waals surface area contributed by atoms with Gasteiger partial charge in [0.15, 0.2) is 11.5 Å². The summed E-state index contributed by atoms with van der Waals surface area (Å²) in [6, 6.07) is 15.2. The highest BCUT2D eigenvalue weighted by molar-refractivity contribution is 5.59. The largest absolute Gasteiger partial charge is 0.497 e. The van der Waals surface area contributed by atoms with Crippen LogP contribution in [0.1, 0.15) is 17.3 Å². The molecule has 3 rings (SSSR count). The Balaban J connectivity index is 1.82. The van der Waals surface area contributed by atoms with Gasteiger partial charge < -0.3 is 28.8 Å². The Morgan fingerprint density at radius 3 is 2.32 bits per heavy atom. The molecule has 1 N–H and O–H groups in total. The van der Waals surface area contributed by atoms with Crippen molar-refractivity contribution in [1.82, 2.24) is 9.88 Å². The number of hydrogen-bond donors (Lipinski definition) is 1. The van der Waals surface area contributed by atoms with Crippen molar-refractivity contribution in [3.8, 4) is 34.8 Å². The first kappa shape index (κ1) is 22.0. The summed E-state index contributed by atoms with van der Waals surface area (Å²) in [4.78, 5) is 6.39. The summed E-state index contributed by atoms with van der Waals surface area (Å²) in [7, 11) is 8.79. The third-order valence-corrected chi connectivity index (χ3v) is 4.94. The molecular weight excluding hydrogens is 396 g/mol. The number of ether oxygens (including phenoxy) is 3. The molecule has 8 heteroatoms. The highest BCUT2D eigenvalue weighted by Crippen LogP contribution is 2.32. The predicted molar refractivity (Wildman–Crippen MR) is 118 cm³/mol. The van der Waals surface area contributed by atoms with Crippen LogP contribution in [0.3, 0.4) is 0 Å². The molecule has 0 aliphatic heterocycles. The van der Waals surface area contributed by atoms with Crippen LogP contribution in [0, 0.1) is 11.3 Å². The van der Waals surface area contributed by atoms with Gasteiger partial charge >= 0.3 is 0 Å². The Kier molecular flexibility index (Phi) is 7.00. The average Bonchev–Trinajstić information content (AvgIpc) is 3.22. The zero-order valence-electron chi connectivity index (χ0n) is 18.3. The number of oxazole rings is 1. The fourth-order valence-electron chi connectivity index (χ4n) is 3.22. The van der Waals surface area contributed by atoms with E-state index in [1.54, 1.807) is 21.3 Å². The molecule has 0 bridgehead atoms. The molecule has 0 aliphatic rings. The van der Waals surface area contributed by atoms with Crippen LogP contribution in [0.4, 0.5) is 5.88 Å². The molecule has 0 spiro atoms. The van der Waals surface area contributed by atoms with Crippen molar-refractivity contribution in [2.75, 3.05) is 47.3 Å². The van der Waals surface area contributed by atoms with Gasteiger partial charge in [0.1, 0.15) is 11.8 Å². The summed E-state index contributed by atoms with van der Waals surface area (Å²) in [5.41, 5.74) is 1.99. The standard InChI is InChI=1S/C23H26N4O4/c1-27(2)19(16-8-11-20(29-4)21(12-16)30-5)14-25-23-18(13-24)26-22(31-23)15-6-9-17(28-3)10-7-15/h6-12,19,25H,14H2,1-5H3/t19-/m0/s1. The number of aromatic nitrogens is 1. The molecule has 0 radical (unpaired) electrons. The first-order chi connectivity index (χ1) is 15.0. The van der Waals surface area contributed by atoms with Gasteiger partial charge in [0.05, 0.1) is 27.4 Å². The molecule has 1 atom stereocenters. The Labute approximate surface area is 182 Å². The minimum Gasteiger partial charge on any atom is -0.497 e. The molecule has 162 valence electrons. The van der Waals surface area contributed by atoms with Crippen LogP contribution in [0.25, 0.3) is 11.5 Å². The number of anilines is 1. The Bertz CT molecular complexity index is 1050. The molecule has 0 unspecified atom stereocenters. The fourth-order valence-corrected chi connectivity index (χ4v) is 3.22. The zero-order chi connectivity index (χ0) is 22.4. The van der Waals surface area contributed by atoms with Gasteiger partial charge in [-0.05, 0) is 56.1 Å². The monoisotopic (exact) mass is 422 g/mol. The maximum atomic E-state index is 9.50. The molecule has 1 heterocycles. The summed E-state index contributed by atoms with van der Waals surface area (Å²) in [6.45, 7) is 0.494. The van der Waals surface area contributed by atoms with Crippen LogP contribution in [-0.4, -0.2) is 51.9 Å². The van der Waals surface area contributed by atoms with Crippen LogP contribution in [0.2, 0.25) is 0 Å². The van der Waals surface area contributed by atoms with E-state index in [1.807, 2.05) is 56.6 Å². The SMILES string of the molecule is COc1ccc(-c2nc(C#N)c(NC[C@@H](c3ccc(OC)c(OC)c3)N(C)C)o2)cc1. The second kappa shape index (κ2) is 9.87. The Morgan fingerprint density at radius 2 is 1.74 bits per heavy atom. The molecule has 31 heavy (non-hydrogen) atoms. The first-order valence-corrected chi connectivity index (χ1v) is 9.68. The highest BCUT2D eigenvalue weighted by Gasteiger charge is 2.20. The fraction of sp³-hybridized carbons (Fsp3) is 0.304. The molecular formula is C23H26N4O4. The van der Waals surface area contributed by atoms with Crippen LogP contribution in [0.5, 0.6) is 17.2 Å². The van der Waals surface area contributed by atoms with Crippen LogP contribution >= 0.6 is 0 Å². The minimum absolute atomic E-state index is 0.0131. The molecule has 0 fully saturated rings. The van der Waals surface area contributed by atoms with E-state index in [1.165, 1.54) is 0 Å². The second-order valence-electron chi connectivity index (χ2n) is 7.01. The van der Waals surface area contributed by atoms with Crippen molar-refractivity contribution in [2.45, 2.75) is 6.04 Å². The molecule has 8 nitrogen and oxygen atoms in total. The van der Waals surface area contributed by atoms with Gasteiger partial charge in [-0.2, -0.15) is 10.2 Å². The van der Waals surface area contributed by atoms with E-state index in [-0.39, 0.29) is 11.7 Å². The number of methoxy groups -OCH3 is 3. The van der Waals surface area contributed by atoms with Gasteiger partial charge in [-0.15, -0.1) is 0 Å². The third kappa shape index (κ3) is 4.90. The van der Waals surface area contributed by atoms with Gasteiger partial charge in [0.25, 0.3) is 0 Å². The van der Waals surface area contributed by atoms with E-state index < -0.39 is 0 Å². The molecule has 0 saturated carbocycles. The molecule has 2 aromatic carbocycles. The molecule has 1 aromatic heterocycles. The van der Waals surface area contributed by atoms with E-state index in [0.717, 1.165) is 16.9 Å². The highest BCUT2D eigenvalue weighted by atomic mass is 16.5. The number of hydrogen-bond acceptors (Lipinski definition) is 8. The number of nitrogens with one attached hydrogen (secondary N) is 1. The number of benzene rings is 2. The zero-order valence-corrected chi connectivity index (χ0v) is 18.3. The average molecular weight is 422 g/mol. The first-order valence-electron chi connectivity index (χ1n) is 9.68. The predicted octanol–water partition coefficient (Wildman–Crippen LogP) is 3.95. The minimum atomic E-state index is -0.0131. The second-order valence-corrected chi connectivity index (χ2v) is 7.01. The van der Waals surface area contributed by atoms with E-state index in [2.05, 4.69) is 21.3 Å². The summed E-state index contributed by atoms with van der Waals surface area (Å²) in [6.07, 6.45) is 0. The van der Waals surface area contributed by atoms with Gasteiger partial charge in [-0.3, -0.25) is 0 Å². The molecule has 3 aromatic rings. The number of likely N-dealkylation sites (N-methyl/N-ethyl adjacent to an activating group) is 1. The summed E-state index contributed by atoms with van der Waals surface area (Å²) >= 11 is 0. The van der Waals surface area contributed by atoms with Gasteiger partial charge in [-0.25, -0.2) is 0 Å². The summed E-state index contributed by atoms with van der Waals surface area (Å²) < 4.78 is 21.8. The smallest absolute Gasteiger partial charge is 0.232 e. The quantitative estimate of drug-likeness (QED) is 0.554. The van der Waals surface area contributed by atoms with Crippen molar-refractivity contribution in [3.05, 3.63) is 53.7 Å². The van der Waals surface area contributed by atoms with Crippen molar-refractivity contribution < 1.29 is 18.6 Å².